The van der Waals surface area contributed by atoms with E-state index < -0.39 is 17.7 Å². The summed E-state index contributed by atoms with van der Waals surface area (Å²) < 4.78 is 26.2. The highest BCUT2D eigenvalue weighted by atomic mass is 19.3. The molecule has 160 valence electrons. The van der Waals surface area contributed by atoms with E-state index in [4.69, 9.17) is 5.41 Å². The van der Waals surface area contributed by atoms with Crippen LogP contribution in [0, 0.1) is 5.41 Å². The number of halogens is 2. The third kappa shape index (κ3) is 3.78. The lowest BCUT2D eigenvalue weighted by Crippen LogP contribution is -2.41. The molecule has 0 aromatic heterocycles. The standard InChI is InChI=1S/C22H20F2N4O3/c1-22(23,24)21(31)26-19(25)13-8-9-14-12-28(20(30)15(14)11-13)17-6-3-2-5-16(17)27-10-4-7-18(27)29/h2-3,5-6,8-9,11H,4,7,10,12H2,1H3,(H2,25,26,31). The minimum Gasteiger partial charge on any atom is -0.310 e. The number of anilines is 2. The van der Waals surface area contributed by atoms with Gasteiger partial charge in [-0.3, -0.25) is 19.8 Å². The Morgan fingerprint density at radius 2 is 1.77 bits per heavy atom. The zero-order chi connectivity index (χ0) is 22.3. The number of amides is 3. The average Bonchev–Trinajstić information content (AvgIpc) is 3.30. The van der Waals surface area contributed by atoms with Crippen molar-refractivity contribution in [2.45, 2.75) is 32.2 Å². The van der Waals surface area contributed by atoms with Crippen LogP contribution in [0.1, 0.15) is 41.3 Å². The van der Waals surface area contributed by atoms with Gasteiger partial charge in [-0.15, -0.1) is 0 Å². The van der Waals surface area contributed by atoms with Crippen LogP contribution in [0.4, 0.5) is 20.2 Å². The first-order valence-electron chi connectivity index (χ1n) is 9.79. The van der Waals surface area contributed by atoms with Gasteiger partial charge in [-0.05, 0) is 30.2 Å². The molecule has 0 saturated carbocycles. The van der Waals surface area contributed by atoms with Crippen molar-refractivity contribution in [1.29, 1.82) is 5.41 Å². The number of alkyl halides is 2. The molecule has 9 heteroatoms. The smallest absolute Gasteiger partial charge is 0.310 e. The van der Waals surface area contributed by atoms with Crippen LogP contribution >= 0.6 is 0 Å². The van der Waals surface area contributed by atoms with Crippen molar-refractivity contribution in [3.05, 3.63) is 59.2 Å². The number of nitrogens with one attached hydrogen (secondary N) is 2. The molecule has 4 rings (SSSR count). The lowest BCUT2D eigenvalue weighted by Gasteiger charge is -2.24. The van der Waals surface area contributed by atoms with Crippen molar-refractivity contribution in [3.63, 3.8) is 0 Å². The summed E-state index contributed by atoms with van der Waals surface area (Å²) in [5.41, 5.74) is 2.44. The third-order valence-corrected chi connectivity index (χ3v) is 5.38. The Balaban J connectivity index is 1.61. The quantitative estimate of drug-likeness (QED) is 0.581. The minimum atomic E-state index is -3.62. The molecule has 2 aromatic rings. The van der Waals surface area contributed by atoms with Gasteiger partial charge in [0.05, 0.1) is 17.9 Å². The SMILES string of the molecule is CC(F)(F)C(=O)NC(=N)c1ccc2c(c1)C(=O)N(c1ccccc1N1CCCC1=O)C2. The van der Waals surface area contributed by atoms with Crippen LogP contribution in [0.5, 0.6) is 0 Å². The molecular weight excluding hydrogens is 406 g/mol. The molecule has 2 N–H and O–H groups in total. The monoisotopic (exact) mass is 426 g/mol. The Hall–Kier alpha value is -3.62. The van der Waals surface area contributed by atoms with E-state index in [9.17, 15) is 23.2 Å². The fourth-order valence-corrected chi connectivity index (χ4v) is 3.77. The van der Waals surface area contributed by atoms with E-state index in [1.54, 1.807) is 34.1 Å². The maximum absolute atomic E-state index is 13.1. The number of rotatable bonds is 4. The summed E-state index contributed by atoms with van der Waals surface area (Å²) >= 11 is 0. The predicted molar refractivity (Wildman–Crippen MR) is 111 cm³/mol. The predicted octanol–water partition coefficient (Wildman–Crippen LogP) is 3.07. The lowest BCUT2D eigenvalue weighted by molar-refractivity contribution is -0.141. The summed E-state index contributed by atoms with van der Waals surface area (Å²) in [5, 5.41) is 9.78. The van der Waals surface area contributed by atoms with E-state index in [1.165, 1.54) is 12.1 Å². The summed E-state index contributed by atoms with van der Waals surface area (Å²) in [5.74, 6) is -6.03. The number of benzene rings is 2. The number of nitrogens with zero attached hydrogens (tertiary/aromatic N) is 2. The normalized spacial score (nSPS) is 16.0. The molecule has 1 fully saturated rings. The second-order valence-corrected chi connectivity index (χ2v) is 7.62. The molecule has 0 atom stereocenters. The van der Waals surface area contributed by atoms with Crippen molar-refractivity contribution in [3.8, 4) is 0 Å². The number of para-hydroxylation sites is 2. The highest BCUT2D eigenvalue weighted by Gasteiger charge is 2.35. The van der Waals surface area contributed by atoms with E-state index in [2.05, 4.69) is 0 Å². The van der Waals surface area contributed by atoms with E-state index in [-0.39, 0.29) is 23.9 Å². The number of carbonyl (C=O) groups excluding carboxylic acids is 3. The molecule has 2 aromatic carbocycles. The van der Waals surface area contributed by atoms with Gasteiger partial charge in [-0.2, -0.15) is 8.78 Å². The summed E-state index contributed by atoms with van der Waals surface area (Å²) in [7, 11) is 0. The van der Waals surface area contributed by atoms with Gasteiger partial charge in [-0.25, -0.2) is 0 Å². The molecule has 2 aliphatic heterocycles. The first kappa shape index (κ1) is 20.6. The van der Waals surface area contributed by atoms with Crippen LogP contribution in [-0.4, -0.2) is 36.0 Å². The molecule has 3 amide bonds. The molecule has 2 heterocycles. The maximum atomic E-state index is 13.1. The highest BCUT2D eigenvalue weighted by molar-refractivity contribution is 6.14. The number of fused-ring (bicyclic) bond motifs is 1. The van der Waals surface area contributed by atoms with Crippen LogP contribution in [0.3, 0.4) is 0 Å². The van der Waals surface area contributed by atoms with Gasteiger partial charge >= 0.3 is 5.92 Å². The summed E-state index contributed by atoms with van der Waals surface area (Å²) in [4.78, 5) is 40.1. The van der Waals surface area contributed by atoms with E-state index in [0.29, 0.717) is 42.4 Å². The molecule has 1 saturated heterocycles. The summed E-state index contributed by atoms with van der Waals surface area (Å²) in [6.07, 6.45) is 1.23. The van der Waals surface area contributed by atoms with Crippen LogP contribution < -0.4 is 15.1 Å². The van der Waals surface area contributed by atoms with Crippen LogP contribution in [0.2, 0.25) is 0 Å². The lowest BCUT2D eigenvalue weighted by atomic mass is 10.1. The van der Waals surface area contributed by atoms with Crippen LogP contribution in [0.25, 0.3) is 0 Å². The fraction of sp³-hybridized carbons (Fsp3) is 0.273. The van der Waals surface area contributed by atoms with E-state index in [1.807, 2.05) is 11.4 Å². The second kappa shape index (κ2) is 7.57. The largest absolute Gasteiger partial charge is 0.322 e. The van der Waals surface area contributed by atoms with E-state index in [0.717, 1.165) is 6.42 Å². The molecule has 0 aliphatic carbocycles. The third-order valence-electron chi connectivity index (χ3n) is 5.38. The Kier molecular flexibility index (Phi) is 5.04. The van der Waals surface area contributed by atoms with Gasteiger partial charge in [0.15, 0.2) is 0 Å². The van der Waals surface area contributed by atoms with Crippen molar-refractivity contribution in [2.24, 2.45) is 0 Å². The molecule has 0 bridgehead atoms. The topological polar surface area (TPSA) is 93.6 Å². The number of hydrogen-bond donors (Lipinski definition) is 2. The Morgan fingerprint density at radius 1 is 1.10 bits per heavy atom. The van der Waals surface area contributed by atoms with Gasteiger partial charge in [0, 0.05) is 31.0 Å². The van der Waals surface area contributed by atoms with E-state index >= 15 is 0 Å². The molecule has 7 nitrogen and oxygen atoms in total. The van der Waals surface area contributed by atoms with Crippen LogP contribution in [-0.2, 0) is 16.1 Å². The van der Waals surface area contributed by atoms with Gasteiger partial charge < -0.3 is 15.1 Å². The number of amidine groups is 1. The van der Waals surface area contributed by atoms with Crippen molar-refractivity contribution in [1.82, 2.24) is 5.32 Å². The van der Waals surface area contributed by atoms with Gasteiger partial charge in [-0.1, -0.05) is 24.3 Å². The first-order chi connectivity index (χ1) is 14.7. The maximum Gasteiger partial charge on any atom is 0.322 e. The second-order valence-electron chi connectivity index (χ2n) is 7.62. The molecular formula is C22H20F2N4O3. The van der Waals surface area contributed by atoms with Gasteiger partial charge in [0.1, 0.15) is 5.84 Å². The van der Waals surface area contributed by atoms with Crippen molar-refractivity contribution in [2.75, 3.05) is 16.3 Å². The molecule has 0 radical (unpaired) electrons. The number of hydrogen-bond acceptors (Lipinski definition) is 4. The average molecular weight is 426 g/mol. The molecule has 0 spiro atoms. The van der Waals surface area contributed by atoms with Crippen molar-refractivity contribution < 1.29 is 23.2 Å². The zero-order valence-electron chi connectivity index (χ0n) is 16.7. The van der Waals surface area contributed by atoms with Gasteiger partial charge in [0.2, 0.25) is 5.91 Å². The highest BCUT2D eigenvalue weighted by Crippen LogP contribution is 2.37. The summed E-state index contributed by atoms with van der Waals surface area (Å²) in [6, 6.07) is 11.7. The number of carbonyl (C=O) groups is 3. The molecule has 2 aliphatic rings. The Bertz CT molecular complexity index is 1110. The molecule has 31 heavy (non-hydrogen) atoms. The summed E-state index contributed by atoms with van der Waals surface area (Å²) in [6.45, 7) is 1.32. The van der Waals surface area contributed by atoms with Gasteiger partial charge in [0.25, 0.3) is 11.8 Å². The Labute approximate surface area is 177 Å². The van der Waals surface area contributed by atoms with Crippen LogP contribution in [0.15, 0.2) is 42.5 Å². The first-order valence-corrected chi connectivity index (χ1v) is 9.79. The Morgan fingerprint density at radius 3 is 2.39 bits per heavy atom. The van der Waals surface area contributed by atoms with Crippen molar-refractivity contribution >= 4 is 34.9 Å². The molecule has 0 unspecified atom stereocenters. The zero-order valence-corrected chi connectivity index (χ0v) is 16.7. The fourth-order valence-electron chi connectivity index (χ4n) is 3.77. The minimum absolute atomic E-state index is 0.0100.